The number of aromatic nitrogens is 2. The molecule has 0 saturated carbocycles. The normalized spacial score (nSPS) is 11.6. The van der Waals surface area contributed by atoms with Crippen molar-refractivity contribution in [3.63, 3.8) is 0 Å². The maximum atomic E-state index is 13.6. The second-order valence-electron chi connectivity index (χ2n) is 5.49. The first-order chi connectivity index (χ1) is 12.1. The number of nitrogens with one attached hydrogen (secondary N) is 1. The maximum Gasteiger partial charge on any atom is 0.243 e. The van der Waals surface area contributed by atoms with Crippen LogP contribution < -0.4 is 4.72 Å². The van der Waals surface area contributed by atoms with Crippen LogP contribution in [0.2, 0.25) is 0 Å². The predicted octanol–water partition coefficient (Wildman–Crippen LogP) is 3.06. The summed E-state index contributed by atoms with van der Waals surface area (Å²) in [6.45, 7) is 0.813. The number of hydrogen-bond donors (Lipinski definition) is 1. The van der Waals surface area contributed by atoms with E-state index in [1.165, 1.54) is 18.2 Å². The smallest absolute Gasteiger partial charge is 0.243 e. The quantitative estimate of drug-likeness (QED) is 0.660. The number of sulfonamides is 1. The fraction of sp³-hybridized carbons (Fsp3) is 0.167. The zero-order valence-corrected chi connectivity index (χ0v) is 14.3. The third-order valence-corrected chi connectivity index (χ3v) is 5.24. The Morgan fingerprint density at radius 2 is 1.76 bits per heavy atom. The summed E-state index contributed by atoms with van der Waals surface area (Å²) < 4.78 is 42.3. The predicted molar refractivity (Wildman–Crippen MR) is 93.9 cm³/mol. The largest absolute Gasteiger partial charge is 0.331 e. The Morgan fingerprint density at radius 1 is 1.04 bits per heavy atom. The summed E-state index contributed by atoms with van der Waals surface area (Å²) in [5, 5.41) is 0. The Bertz CT molecular complexity index is 940. The van der Waals surface area contributed by atoms with Crippen LogP contribution in [-0.4, -0.2) is 24.5 Å². The van der Waals surface area contributed by atoms with Crippen LogP contribution >= 0.6 is 0 Å². The van der Waals surface area contributed by atoms with E-state index in [4.69, 9.17) is 0 Å². The van der Waals surface area contributed by atoms with Crippen LogP contribution in [0.3, 0.4) is 0 Å². The van der Waals surface area contributed by atoms with Crippen molar-refractivity contribution in [2.24, 2.45) is 0 Å². The van der Waals surface area contributed by atoms with E-state index >= 15 is 0 Å². The van der Waals surface area contributed by atoms with Crippen molar-refractivity contribution in [3.8, 4) is 11.4 Å². The van der Waals surface area contributed by atoms with E-state index in [-0.39, 0.29) is 11.4 Å². The number of benzene rings is 2. The van der Waals surface area contributed by atoms with E-state index in [1.54, 1.807) is 6.20 Å². The van der Waals surface area contributed by atoms with Crippen LogP contribution in [0.4, 0.5) is 4.39 Å². The molecule has 3 aromatic rings. The summed E-state index contributed by atoms with van der Waals surface area (Å²) in [5.41, 5.74) is 0.999. The molecule has 2 aromatic carbocycles. The van der Waals surface area contributed by atoms with E-state index < -0.39 is 15.8 Å². The summed E-state index contributed by atoms with van der Waals surface area (Å²) in [6.07, 6.45) is 4.13. The highest BCUT2D eigenvalue weighted by Crippen LogP contribution is 2.17. The molecule has 1 N–H and O–H groups in total. The highest BCUT2D eigenvalue weighted by atomic mass is 32.2. The van der Waals surface area contributed by atoms with Crippen molar-refractivity contribution >= 4 is 10.0 Å². The number of halogens is 1. The van der Waals surface area contributed by atoms with E-state index in [1.807, 2.05) is 41.1 Å². The minimum atomic E-state index is -3.84. The van der Waals surface area contributed by atoms with Gasteiger partial charge in [0.05, 0.1) is 0 Å². The first kappa shape index (κ1) is 17.3. The number of rotatable bonds is 7. The van der Waals surface area contributed by atoms with Crippen molar-refractivity contribution in [1.82, 2.24) is 14.3 Å². The molecule has 0 aliphatic heterocycles. The minimum absolute atomic E-state index is 0.211. The monoisotopic (exact) mass is 359 g/mol. The van der Waals surface area contributed by atoms with Crippen molar-refractivity contribution in [2.45, 2.75) is 17.9 Å². The van der Waals surface area contributed by atoms with Gasteiger partial charge < -0.3 is 4.57 Å². The molecule has 0 aliphatic carbocycles. The van der Waals surface area contributed by atoms with Gasteiger partial charge in [-0.3, -0.25) is 0 Å². The number of hydrogen-bond acceptors (Lipinski definition) is 3. The number of imidazole rings is 1. The lowest BCUT2D eigenvalue weighted by Gasteiger charge is -2.10. The molecule has 0 unspecified atom stereocenters. The molecule has 0 aliphatic rings. The number of nitrogens with zero attached hydrogens (tertiary/aromatic N) is 2. The van der Waals surface area contributed by atoms with Crippen molar-refractivity contribution in [2.75, 3.05) is 6.54 Å². The van der Waals surface area contributed by atoms with Gasteiger partial charge in [-0.1, -0.05) is 42.5 Å². The molecule has 0 saturated heterocycles. The lowest BCUT2D eigenvalue weighted by molar-refractivity contribution is 0.551. The second kappa shape index (κ2) is 7.58. The average molecular weight is 359 g/mol. The van der Waals surface area contributed by atoms with Gasteiger partial charge in [0.15, 0.2) is 0 Å². The molecular formula is C18H18FN3O2S. The molecule has 0 fully saturated rings. The molecule has 0 spiro atoms. The van der Waals surface area contributed by atoms with Gasteiger partial charge in [-0.15, -0.1) is 0 Å². The second-order valence-corrected chi connectivity index (χ2v) is 7.23. The van der Waals surface area contributed by atoms with Gasteiger partial charge in [0.2, 0.25) is 10.0 Å². The van der Waals surface area contributed by atoms with E-state index in [2.05, 4.69) is 9.71 Å². The molecule has 3 rings (SSSR count). The van der Waals surface area contributed by atoms with Crippen LogP contribution in [0, 0.1) is 5.82 Å². The van der Waals surface area contributed by atoms with Crippen LogP contribution in [0.25, 0.3) is 11.4 Å². The van der Waals surface area contributed by atoms with Gasteiger partial charge in [0.25, 0.3) is 0 Å². The highest BCUT2D eigenvalue weighted by Gasteiger charge is 2.17. The molecule has 7 heteroatoms. The SMILES string of the molecule is O=S(=O)(NCCCn1ccnc1-c1ccccc1)c1ccccc1F. The Morgan fingerprint density at radius 3 is 2.52 bits per heavy atom. The van der Waals surface area contributed by atoms with Gasteiger partial charge in [0.1, 0.15) is 16.5 Å². The minimum Gasteiger partial charge on any atom is -0.331 e. The molecule has 1 aromatic heterocycles. The van der Waals surface area contributed by atoms with E-state index in [0.29, 0.717) is 13.0 Å². The van der Waals surface area contributed by atoms with E-state index in [0.717, 1.165) is 17.5 Å². The fourth-order valence-electron chi connectivity index (χ4n) is 2.53. The molecule has 130 valence electrons. The van der Waals surface area contributed by atoms with Crippen LogP contribution in [0.15, 0.2) is 71.9 Å². The van der Waals surface area contributed by atoms with Crippen LogP contribution in [0.5, 0.6) is 0 Å². The standard InChI is InChI=1S/C18H18FN3O2S/c19-16-9-4-5-10-17(16)25(23,24)21-11-6-13-22-14-12-20-18(22)15-7-2-1-3-8-15/h1-5,7-10,12,14,21H,6,11,13H2. The van der Waals surface area contributed by atoms with Gasteiger partial charge >= 0.3 is 0 Å². The summed E-state index contributed by atoms with van der Waals surface area (Å²) >= 11 is 0. The lowest BCUT2D eigenvalue weighted by Crippen LogP contribution is -2.26. The first-order valence-electron chi connectivity index (χ1n) is 7.89. The molecule has 0 atom stereocenters. The van der Waals surface area contributed by atoms with Gasteiger partial charge in [-0.2, -0.15) is 0 Å². The summed E-state index contributed by atoms with van der Waals surface area (Å²) in [5.74, 6) is 0.0773. The lowest BCUT2D eigenvalue weighted by atomic mass is 10.2. The summed E-state index contributed by atoms with van der Waals surface area (Å²) in [4.78, 5) is 4.02. The molecule has 25 heavy (non-hydrogen) atoms. The molecular weight excluding hydrogens is 341 g/mol. The molecule has 0 radical (unpaired) electrons. The average Bonchev–Trinajstić information content (AvgIpc) is 3.08. The number of aryl methyl sites for hydroxylation is 1. The van der Waals surface area contributed by atoms with E-state index in [9.17, 15) is 12.8 Å². The fourth-order valence-corrected chi connectivity index (χ4v) is 3.68. The molecule has 1 heterocycles. The summed E-state index contributed by atoms with van der Waals surface area (Å²) in [6, 6.07) is 15.1. The van der Waals surface area contributed by atoms with Crippen molar-refractivity contribution in [1.29, 1.82) is 0 Å². The van der Waals surface area contributed by atoms with Gasteiger partial charge in [-0.05, 0) is 18.6 Å². The maximum absolute atomic E-state index is 13.6. The zero-order valence-electron chi connectivity index (χ0n) is 13.5. The highest BCUT2D eigenvalue weighted by molar-refractivity contribution is 7.89. The van der Waals surface area contributed by atoms with Crippen LogP contribution in [0.1, 0.15) is 6.42 Å². The summed E-state index contributed by atoms with van der Waals surface area (Å²) in [7, 11) is -3.84. The molecule has 0 bridgehead atoms. The molecule has 0 amide bonds. The third kappa shape index (κ3) is 4.12. The van der Waals surface area contributed by atoms with Crippen LogP contribution in [-0.2, 0) is 16.6 Å². The Kier molecular flexibility index (Phi) is 5.25. The third-order valence-electron chi connectivity index (χ3n) is 3.74. The van der Waals surface area contributed by atoms with Gasteiger partial charge in [0, 0.05) is 31.0 Å². The Balaban J connectivity index is 1.60. The Labute approximate surface area is 146 Å². The molecule has 5 nitrogen and oxygen atoms in total. The Hall–Kier alpha value is -2.51. The topological polar surface area (TPSA) is 64.0 Å². The van der Waals surface area contributed by atoms with Gasteiger partial charge in [-0.25, -0.2) is 22.5 Å². The van der Waals surface area contributed by atoms with Crippen molar-refractivity contribution < 1.29 is 12.8 Å². The first-order valence-corrected chi connectivity index (χ1v) is 9.37. The zero-order chi connectivity index (χ0) is 17.7. The van der Waals surface area contributed by atoms with Crippen molar-refractivity contribution in [3.05, 3.63) is 72.8 Å².